The van der Waals surface area contributed by atoms with Crippen molar-refractivity contribution < 1.29 is 44.6 Å². The maximum atomic E-state index is 15.0. The van der Waals surface area contributed by atoms with Crippen LogP contribution >= 0.6 is 0 Å². The van der Waals surface area contributed by atoms with Crippen molar-refractivity contribution in [1.29, 1.82) is 0 Å². The Balaban J connectivity index is 1.73. The summed E-state index contributed by atoms with van der Waals surface area (Å²) in [5, 5.41) is 0. The van der Waals surface area contributed by atoms with Crippen molar-refractivity contribution in [2.75, 3.05) is 7.11 Å². The molecule has 10 heteroatoms. The molecule has 3 rings (SSSR count). The first-order valence-corrected chi connectivity index (χ1v) is 12.2. The molecule has 2 nitrogen and oxygen atoms in total. The summed E-state index contributed by atoms with van der Waals surface area (Å²) < 4.78 is 120. The van der Waals surface area contributed by atoms with E-state index in [1.807, 2.05) is 0 Å². The average molecular weight is 517 g/mol. The van der Waals surface area contributed by atoms with E-state index in [0.29, 0.717) is 30.9 Å². The molecule has 0 radical (unpaired) electrons. The summed E-state index contributed by atoms with van der Waals surface area (Å²) in [5.74, 6) is -2.56. The minimum absolute atomic E-state index is 0.0518. The maximum absolute atomic E-state index is 15.0. The topological polar surface area (TPSA) is 18.5 Å². The summed E-state index contributed by atoms with van der Waals surface area (Å²) in [7, 11) is 0.772. The number of methoxy groups -OCH3 is 1. The maximum Gasteiger partial charge on any atom is 0.420 e. The second kappa shape index (κ2) is 10.7. The first kappa shape index (κ1) is 27.8. The second-order valence-corrected chi connectivity index (χ2v) is 9.86. The molecule has 0 heterocycles. The lowest BCUT2D eigenvalue weighted by Gasteiger charge is -2.39. The molecule has 0 aromatic heterocycles. The summed E-state index contributed by atoms with van der Waals surface area (Å²) in [5.41, 5.74) is -4.48. The van der Waals surface area contributed by atoms with E-state index in [1.54, 1.807) is 0 Å². The predicted octanol–water partition coefficient (Wildman–Crippen LogP) is 9.12. The molecule has 0 bridgehead atoms. The van der Waals surface area contributed by atoms with Crippen LogP contribution in [0.15, 0.2) is 12.1 Å². The van der Waals surface area contributed by atoms with Crippen LogP contribution in [-0.2, 0) is 12.4 Å². The molecule has 2 saturated carbocycles. The summed E-state index contributed by atoms with van der Waals surface area (Å²) in [6.07, 6.45) is -7.25. The van der Waals surface area contributed by atoms with E-state index in [4.69, 9.17) is 0 Å². The Morgan fingerprint density at radius 2 is 1.17 bits per heavy atom. The number of benzene rings is 1. The minimum Gasteiger partial charge on any atom is -0.496 e. The summed E-state index contributed by atoms with van der Waals surface area (Å²) in [6, 6.07) is 1.03. The Kier molecular flexibility index (Phi) is 8.52. The Morgan fingerprint density at radius 1 is 0.714 bits per heavy atom. The third kappa shape index (κ3) is 6.53. The smallest absolute Gasteiger partial charge is 0.420 e. The van der Waals surface area contributed by atoms with E-state index in [0.717, 1.165) is 45.1 Å². The molecule has 0 aliphatic heterocycles. The van der Waals surface area contributed by atoms with Gasteiger partial charge in [-0.3, -0.25) is 0 Å². The van der Waals surface area contributed by atoms with Gasteiger partial charge in [-0.05, 0) is 68.4 Å². The highest BCUT2D eigenvalue weighted by Gasteiger charge is 2.51. The van der Waals surface area contributed by atoms with Gasteiger partial charge < -0.3 is 9.47 Å². The largest absolute Gasteiger partial charge is 0.496 e. The van der Waals surface area contributed by atoms with Crippen LogP contribution in [0.2, 0.25) is 0 Å². The van der Waals surface area contributed by atoms with Crippen LogP contribution in [0.4, 0.5) is 35.1 Å². The van der Waals surface area contributed by atoms with Crippen LogP contribution in [0.5, 0.6) is 11.5 Å². The van der Waals surface area contributed by atoms with Crippen LogP contribution in [0.1, 0.15) is 82.3 Å². The first-order valence-electron chi connectivity index (χ1n) is 12.2. The van der Waals surface area contributed by atoms with Crippen LogP contribution in [0, 0.1) is 23.7 Å². The van der Waals surface area contributed by atoms with Gasteiger partial charge in [-0.15, -0.1) is 0 Å². The number of alkyl halides is 8. The molecule has 0 atom stereocenters. The van der Waals surface area contributed by atoms with Gasteiger partial charge >= 0.3 is 18.5 Å². The molecule has 0 unspecified atom stereocenters. The average Bonchev–Trinajstić information content (AvgIpc) is 2.78. The van der Waals surface area contributed by atoms with Crippen molar-refractivity contribution in [3.8, 4) is 11.5 Å². The Morgan fingerprint density at radius 3 is 1.63 bits per heavy atom. The lowest BCUT2D eigenvalue weighted by molar-refractivity contribution is -0.228. The Hall–Kier alpha value is -1.74. The zero-order chi connectivity index (χ0) is 26.0. The summed E-state index contributed by atoms with van der Waals surface area (Å²) in [4.78, 5) is 0. The monoisotopic (exact) mass is 516 g/mol. The SMILES string of the molecule is CCCC1CCC(C2CCC(C(F)(F)Oc3ccc(OC)c(C(F)(F)F)c3C(F)(F)F)CC2)CC1. The molecule has 1 aromatic carbocycles. The van der Waals surface area contributed by atoms with Crippen molar-refractivity contribution in [1.82, 2.24) is 0 Å². The van der Waals surface area contributed by atoms with Crippen LogP contribution in [-0.4, -0.2) is 13.2 Å². The fourth-order valence-electron chi connectivity index (χ4n) is 5.90. The molecule has 0 saturated heterocycles. The van der Waals surface area contributed by atoms with Gasteiger partial charge in [0.05, 0.1) is 13.0 Å². The third-order valence-electron chi connectivity index (χ3n) is 7.66. The highest BCUT2D eigenvalue weighted by molar-refractivity contribution is 5.52. The van der Waals surface area contributed by atoms with E-state index in [2.05, 4.69) is 16.4 Å². The van der Waals surface area contributed by atoms with Gasteiger partial charge in [0, 0.05) is 0 Å². The fraction of sp³-hybridized carbons (Fsp3) is 0.760. The Bertz CT molecular complexity index is 833. The van der Waals surface area contributed by atoms with Crippen molar-refractivity contribution in [3.05, 3.63) is 23.3 Å². The lowest BCUT2D eigenvalue weighted by Crippen LogP contribution is -2.39. The molecule has 35 heavy (non-hydrogen) atoms. The number of hydrogen-bond donors (Lipinski definition) is 0. The molecule has 200 valence electrons. The lowest BCUT2D eigenvalue weighted by atomic mass is 9.68. The highest BCUT2D eigenvalue weighted by Crippen LogP contribution is 2.51. The Labute approximate surface area is 200 Å². The highest BCUT2D eigenvalue weighted by atomic mass is 19.4. The van der Waals surface area contributed by atoms with Gasteiger partial charge in [0.15, 0.2) is 0 Å². The van der Waals surface area contributed by atoms with Gasteiger partial charge in [-0.1, -0.05) is 32.6 Å². The van der Waals surface area contributed by atoms with Gasteiger partial charge in [0.2, 0.25) is 0 Å². The van der Waals surface area contributed by atoms with E-state index >= 15 is 0 Å². The molecule has 1 aromatic rings. The van der Waals surface area contributed by atoms with Crippen molar-refractivity contribution >= 4 is 0 Å². The van der Waals surface area contributed by atoms with Crippen LogP contribution in [0.25, 0.3) is 0 Å². The molecule has 0 N–H and O–H groups in total. The van der Waals surface area contributed by atoms with Gasteiger partial charge in [0.1, 0.15) is 22.6 Å². The van der Waals surface area contributed by atoms with Crippen molar-refractivity contribution in [3.63, 3.8) is 0 Å². The molecular formula is C25H32F8O2. The van der Waals surface area contributed by atoms with Gasteiger partial charge in [-0.25, -0.2) is 0 Å². The van der Waals surface area contributed by atoms with Gasteiger partial charge in [0.25, 0.3) is 0 Å². The number of ether oxygens (including phenoxy) is 2. The van der Waals surface area contributed by atoms with Crippen LogP contribution < -0.4 is 9.47 Å². The van der Waals surface area contributed by atoms with Crippen molar-refractivity contribution in [2.24, 2.45) is 23.7 Å². The third-order valence-corrected chi connectivity index (χ3v) is 7.66. The van der Waals surface area contributed by atoms with Crippen molar-refractivity contribution in [2.45, 2.75) is 89.6 Å². The second-order valence-electron chi connectivity index (χ2n) is 9.86. The van der Waals surface area contributed by atoms with E-state index in [-0.39, 0.29) is 18.8 Å². The minimum atomic E-state index is -5.58. The van der Waals surface area contributed by atoms with Gasteiger partial charge in [-0.2, -0.15) is 35.1 Å². The van der Waals surface area contributed by atoms with E-state index in [1.165, 1.54) is 6.42 Å². The molecule has 0 spiro atoms. The van der Waals surface area contributed by atoms with Crippen LogP contribution in [0.3, 0.4) is 0 Å². The quantitative estimate of drug-likeness (QED) is 0.337. The number of halogens is 8. The standard InChI is InChI=1S/C25H32F8O2/c1-3-4-15-5-7-16(8-6-15)17-9-11-18(12-10-17)25(32,33)35-20-14-13-19(34-2)21(23(26,27)28)22(20)24(29,30)31/h13-18H,3-12H2,1-2H3. The summed E-state index contributed by atoms with van der Waals surface area (Å²) >= 11 is 0. The number of rotatable bonds is 7. The molecular weight excluding hydrogens is 484 g/mol. The molecule has 2 fully saturated rings. The normalized spacial score (nSPS) is 26.5. The zero-order valence-corrected chi connectivity index (χ0v) is 19.9. The fourth-order valence-corrected chi connectivity index (χ4v) is 5.90. The van der Waals surface area contributed by atoms with E-state index < -0.39 is 47.0 Å². The molecule has 2 aliphatic carbocycles. The summed E-state index contributed by atoms with van der Waals surface area (Å²) in [6.45, 7) is 2.16. The van der Waals surface area contributed by atoms with E-state index in [9.17, 15) is 35.1 Å². The predicted molar refractivity (Wildman–Crippen MR) is 114 cm³/mol. The first-order chi connectivity index (χ1) is 16.3. The molecule has 0 amide bonds. The number of hydrogen-bond acceptors (Lipinski definition) is 2. The zero-order valence-electron chi connectivity index (χ0n) is 19.9. The molecule has 2 aliphatic rings.